The topological polar surface area (TPSA) is 105 Å². The molecule has 1 heterocycles. The Bertz CT molecular complexity index is 585. The van der Waals surface area contributed by atoms with Crippen molar-refractivity contribution in [1.82, 2.24) is 9.29 Å². The molecule has 0 aliphatic rings. The van der Waals surface area contributed by atoms with E-state index in [1.54, 1.807) is 13.8 Å². The first-order valence-corrected chi connectivity index (χ1v) is 6.61. The molecule has 0 fully saturated rings. The molecule has 18 heavy (non-hydrogen) atoms. The number of hydrogen-bond acceptors (Lipinski definition) is 4. The van der Waals surface area contributed by atoms with Crippen molar-refractivity contribution in [3.8, 4) is 0 Å². The summed E-state index contributed by atoms with van der Waals surface area (Å²) in [7, 11) is -2.74. The Morgan fingerprint density at radius 1 is 1.33 bits per heavy atom. The Morgan fingerprint density at radius 2 is 1.89 bits per heavy atom. The van der Waals surface area contributed by atoms with Gasteiger partial charge in [-0.15, -0.1) is 0 Å². The number of sulfonamides is 1. The highest BCUT2D eigenvalue weighted by Crippen LogP contribution is 2.13. The van der Waals surface area contributed by atoms with Crippen molar-refractivity contribution >= 4 is 21.9 Å². The van der Waals surface area contributed by atoms with Crippen molar-refractivity contribution in [3.63, 3.8) is 0 Å². The Hall–Kier alpha value is -1.83. The summed E-state index contributed by atoms with van der Waals surface area (Å²) in [6.45, 7) is 3.11. The lowest BCUT2D eigenvalue weighted by Crippen LogP contribution is -2.34. The molecule has 0 saturated heterocycles. The van der Waals surface area contributed by atoms with Gasteiger partial charge in [0.2, 0.25) is 5.91 Å². The molecule has 0 saturated carbocycles. The molecule has 1 aromatic rings. The Morgan fingerprint density at radius 3 is 2.28 bits per heavy atom. The molecule has 100 valence electrons. The van der Waals surface area contributed by atoms with Crippen LogP contribution in [0.4, 0.5) is 0 Å². The molecule has 7 nitrogen and oxygen atoms in total. The molecule has 0 spiro atoms. The summed E-state index contributed by atoms with van der Waals surface area (Å²) in [5.41, 5.74) is -0.174. The summed E-state index contributed by atoms with van der Waals surface area (Å²) in [6, 6.07) is 2.30. The fourth-order valence-corrected chi connectivity index (χ4v) is 2.59. The van der Waals surface area contributed by atoms with Crippen LogP contribution in [0.2, 0.25) is 0 Å². The van der Waals surface area contributed by atoms with Gasteiger partial charge in [-0.05, 0) is 12.1 Å². The van der Waals surface area contributed by atoms with Gasteiger partial charge in [0.05, 0.1) is 0 Å². The van der Waals surface area contributed by atoms with E-state index < -0.39 is 27.8 Å². The van der Waals surface area contributed by atoms with Gasteiger partial charge in [-0.25, -0.2) is 9.52 Å². The number of amides is 1. The van der Waals surface area contributed by atoms with E-state index in [-0.39, 0.29) is 10.7 Å². The number of nitrogens with one attached hydrogen (secondary N) is 1. The Labute approximate surface area is 104 Å². The van der Waals surface area contributed by atoms with Crippen LogP contribution in [0.5, 0.6) is 0 Å². The third-order valence-corrected chi connectivity index (χ3v) is 3.76. The van der Waals surface area contributed by atoms with Gasteiger partial charge in [0.15, 0.2) is 5.03 Å². The number of carbonyl (C=O) groups excluding carboxylic acids is 1. The van der Waals surface area contributed by atoms with Crippen LogP contribution in [-0.2, 0) is 21.9 Å². The molecule has 0 unspecified atom stereocenters. The van der Waals surface area contributed by atoms with Crippen molar-refractivity contribution in [3.05, 3.63) is 17.8 Å². The van der Waals surface area contributed by atoms with Crippen LogP contribution >= 0.6 is 0 Å². The second-order valence-corrected chi connectivity index (χ2v) is 5.67. The minimum absolute atomic E-state index is 0.174. The minimum Gasteiger partial charge on any atom is -0.477 e. The monoisotopic (exact) mass is 274 g/mol. The zero-order valence-corrected chi connectivity index (χ0v) is 11.0. The number of aromatic nitrogens is 1. The van der Waals surface area contributed by atoms with E-state index in [1.165, 1.54) is 7.05 Å². The summed E-state index contributed by atoms with van der Waals surface area (Å²) in [5.74, 6) is -2.37. The highest BCUT2D eigenvalue weighted by atomic mass is 32.2. The molecule has 1 aromatic heterocycles. The normalized spacial score (nSPS) is 11.6. The van der Waals surface area contributed by atoms with E-state index in [4.69, 9.17) is 5.11 Å². The summed E-state index contributed by atoms with van der Waals surface area (Å²) in [6.07, 6.45) is 0. The molecule has 1 rings (SSSR count). The average Bonchev–Trinajstić information content (AvgIpc) is 2.59. The number of carbonyl (C=O) groups is 2. The van der Waals surface area contributed by atoms with Crippen LogP contribution < -0.4 is 4.72 Å². The first kappa shape index (κ1) is 14.2. The molecule has 0 aliphatic carbocycles. The quantitative estimate of drug-likeness (QED) is 0.815. The van der Waals surface area contributed by atoms with E-state index in [0.29, 0.717) is 0 Å². The van der Waals surface area contributed by atoms with Crippen molar-refractivity contribution < 1.29 is 23.1 Å². The smallest absolute Gasteiger partial charge is 0.352 e. The number of nitrogens with zero attached hydrogens (tertiary/aromatic N) is 1. The van der Waals surface area contributed by atoms with Gasteiger partial charge in [0, 0.05) is 13.0 Å². The van der Waals surface area contributed by atoms with E-state index in [1.807, 2.05) is 4.72 Å². The SMILES string of the molecule is CC(C)C(=O)NS(=O)(=O)c1ccc(C(=O)O)n1C. The van der Waals surface area contributed by atoms with E-state index in [9.17, 15) is 18.0 Å². The highest BCUT2D eigenvalue weighted by molar-refractivity contribution is 7.90. The van der Waals surface area contributed by atoms with E-state index in [2.05, 4.69) is 0 Å². The molecule has 0 atom stereocenters. The van der Waals surface area contributed by atoms with Gasteiger partial charge in [0.25, 0.3) is 10.0 Å². The molecular weight excluding hydrogens is 260 g/mol. The zero-order chi connectivity index (χ0) is 14.1. The van der Waals surface area contributed by atoms with Gasteiger partial charge in [0.1, 0.15) is 5.69 Å². The predicted octanol–water partition coefficient (Wildman–Crippen LogP) is 0.184. The highest BCUT2D eigenvalue weighted by Gasteiger charge is 2.24. The van der Waals surface area contributed by atoms with Gasteiger partial charge >= 0.3 is 5.97 Å². The molecule has 0 aromatic carbocycles. The first-order chi connectivity index (χ1) is 8.16. The maximum absolute atomic E-state index is 11.9. The lowest BCUT2D eigenvalue weighted by Gasteiger charge is -2.10. The maximum Gasteiger partial charge on any atom is 0.352 e. The molecular formula is C10H14N2O5S. The Balaban J connectivity index is 3.14. The van der Waals surface area contributed by atoms with Gasteiger partial charge in [-0.3, -0.25) is 4.79 Å². The summed E-state index contributed by atoms with van der Waals surface area (Å²) in [4.78, 5) is 22.2. The summed E-state index contributed by atoms with van der Waals surface area (Å²) >= 11 is 0. The van der Waals surface area contributed by atoms with E-state index in [0.717, 1.165) is 16.7 Å². The molecule has 8 heteroatoms. The van der Waals surface area contributed by atoms with Gasteiger partial charge in [-0.1, -0.05) is 13.8 Å². The number of rotatable bonds is 4. The average molecular weight is 274 g/mol. The Kier molecular flexibility index (Phi) is 3.80. The van der Waals surface area contributed by atoms with Crippen molar-refractivity contribution in [2.75, 3.05) is 0 Å². The third kappa shape index (κ3) is 2.70. The van der Waals surface area contributed by atoms with E-state index >= 15 is 0 Å². The number of carboxylic acid groups (broad SMARTS) is 1. The second kappa shape index (κ2) is 4.81. The van der Waals surface area contributed by atoms with Crippen LogP contribution in [0.1, 0.15) is 24.3 Å². The number of aromatic carboxylic acids is 1. The number of carboxylic acids is 1. The van der Waals surface area contributed by atoms with Crippen LogP contribution in [0, 0.1) is 5.92 Å². The second-order valence-electron chi connectivity index (χ2n) is 4.05. The third-order valence-electron chi connectivity index (χ3n) is 2.33. The van der Waals surface area contributed by atoms with Crippen molar-refractivity contribution in [2.24, 2.45) is 13.0 Å². The predicted molar refractivity (Wildman–Crippen MR) is 62.5 cm³/mol. The molecule has 0 radical (unpaired) electrons. The minimum atomic E-state index is -4.05. The van der Waals surface area contributed by atoms with Crippen LogP contribution in [-0.4, -0.2) is 30.0 Å². The number of hydrogen-bond donors (Lipinski definition) is 2. The molecule has 0 aliphatic heterocycles. The lowest BCUT2D eigenvalue weighted by molar-refractivity contribution is -0.122. The van der Waals surface area contributed by atoms with Gasteiger partial charge < -0.3 is 9.67 Å². The van der Waals surface area contributed by atoms with Crippen LogP contribution in [0.25, 0.3) is 0 Å². The fraction of sp³-hybridized carbons (Fsp3) is 0.400. The van der Waals surface area contributed by atoms with Crippen molar-refractivity contribution in [2.45, 2.75) is 18.9 Å². The van der Waals surface area contributed by atoms with Crippen LogP contribution in [0.15, 0.2) is 17.2 Å². The lowest BCUT2D eigenvalue weighted by atomic mass is 10.2. The van der Waals surface area contributed by atoms with Crippen LogP contribution in [0.3, 0.4) is 0 Å². The molecule has 2 N–H and O–H groups in total. The van der Waals surface area contributed by atoms with Crippen molar-refractivity contribution in [1.29, 1.82) is 0 Å². The standard InChI is InChI=1S/C10H14N2O5S/c1-6(2)9(13)11-18(16,17)8-5-4-7(10(14)15)12(8)3/h4-6H,1-3H3,(H,11,13)(H,14,15). The first-order valence-electron chi connectivity index (χ1n) is 5.12. The summed E-state index contributed by atoms with van der Waals surface area (Å²) in [5, 5.41) is 8.54. The summed E-state index contributed by atoms with van der Waals surface area (Å²) < 4.78 is 26.6. The zero-order valence-electron chi connectivity index (χ0n) is 10.2. The largest absolute Gasteiger partial charge is 0.477 e. The molecule has 0 bridgehead atoms. The fourth-order valence-electron chi connectivity index (χ4n) is 1.28. The van der Waals surface area contributed by atoms with Gasteiger partial charge in [-0.2, -0.15) is 8.42 Å². The molecule has 1 amide bonds. The maximum atomic E-state index is 11.9.